The number of amides is 2. The molecule has 1 saturated heterocycles. The molecule has 0 bridgehead atoms. The summed E-state index contributed by atoms with van der Waals surface area (Å²) in [6.07, 6.45) is 0.843. The van der Waals surface area contributed by atoms with Gasteiger partial charge in [-0.05, 0) is 31.2 Å². The van der Waals surface area contributed by atoms with Crippen LogP contribution < -0.4 is 16.0 Å². The lowest BCUT2D eigenvalue weighted by molar-refractivity contribution is -0.119. The molecule has 1 aliphatic rings. The van der Waals surface area contributed by atoms with Crippen LogP contribution in [-0.2, 0) is 4.79 Å². The highest BCUT2D eigenvalue weighted by Crippen LogP contribution is 2.22. The largest absolute Gasteiger partial charge is 0.355 e. The smallest absolute Gasteiger partial charge is 0.252 e. The third kappa shape index (κ3) is 3.24. The van der Waals surface area contributed by atoms with Crippen molar-refractivity contribution in [2.75, 3.05) is 25.5 Å². The average Bonchev–Trinajstić information content (AvgIpc) is 2.92. The summed E-state index contributed by atoms with van der Waals surface area (Å²) in [7, 11) is 1.54. The second kappa shape index (κ2) is 6.04. The Morgan fingerprint density at radius 1 is 1.42 bits per heavy atom. The van der Waals surface area contributed by atoms with E-state index < -0.39 is 0 Å². The van der Waals surface area contributed by atoms with Gasteiger partial charge in [-0.1, -0.05) is 11.6 Å². The van der Waals surface area contributed by atoms with Crippen molar-refractivity contribution in [3.8, 4) is 0 Å². The molecule has 1 aromatic rings. The maximum absolute atomic E-state index is 11.9. The van der Waals surface area contributed by atoms with Gasteiger partial charge in [0.15, 0.2) is 0 Å². The van der Waals surface area contributed by atoms with Gasteiger partial charge in [0, 0.05) is 19.3 Å². The Labute approximate surface area is 116 Å². The van der Waals surface area contributed by atoms with E-state index in [0.29, 0.717) is 22.8 Å². The Hall–Kier alpha value is -1.59. The topological polar surface area (TPSA) is 70.2 Å². The lowest BCUT2D eigenvalue weighted by atomic mass is 10.1. The molecular formula is C13H16ClN3O2. The first-order valence-corrected chi connectivity index (χ1v) is 6.53. The molecule has 0 aromatic heterocycles. The number of rotatable bonds is 3. The minimum atomic E-state index is -0.247. The van der Waals surface area contributed by atoms with Crippen LogP contribution in [0, 0.1) is 5.92 Å². The molecule has 0 spiro atoms. The van der Waals surface area contributed by atoms with Crippen LogP contribution >= 0.6 is 11.6 Å². The van der Waals surface area contributed by atoms with Crippen LogP contribution in [0.4, 0.5) is 5.69 Å². The van der Waals surface area contributed by atoms with Crippen molar-refractivity contribution < 1.29 is 9.59 Å². The normalized spacial score (nSPS) is 18.1. The summed E-state index contributed by atoms with van der Waals surface area (Å²) in [6.45, 7) is 1.57. The Morgan fingerprint density at radius 3 is 2.79 bits per heavy atom. The molecule has 1 heterocycles. The quantitative estimate of drug-likeness (QED) is 0.781. The molecule has 0 aliphatic carbocycles. The molecule has 3 N–H and O–H groups in total. The summed E-state index contributed by atoms with van der Waals surface area (Å²) in [5.74, 6) is -0.269. The third-order valence-corrected chi connectivity index (χ3v) is 3.45. The zero-order chi connectivity index (χ0) is 13.8. The van der Waals surface area contributed by atoms with Crippen molar-refractivity contribution in [2.24, 2.45) is 5.92 Å². The van der Waals surface area contributed by atoms with Gasteiger partial charge in [-0.25, -0.2) is 0 Å². The van der Waals surface area contributed by atoms with Gasteiger partial charge in [-0.3, -0.25) is 9.59 Å². The van der Waals surface area contributed by atoms with Crippen LogP contribution in [0.1, 0.15) is 16.8 Å². The molecule has 0 saturated carbocycles. The summed E-state index contributed by atoms with van der Waals surface area (Å²) in [5.41, 5.74) is 0.999. The van der Waals surface area contributed by atoms with Crippen LogP contribution in [-0.4, -0.2) is 32.0 Å². The molecule has 2 rings (SSSR count). The van der Waals surface area contributed by atoms with Crippen molar-refractivity contribution in [1.82, 2.24) is 10.6 Å². The van der Waals surface area contributed by atoms with Gasteiger partial charge >= 0.3 is 0 Å². The number of carbonyl (C=O) groups is 2. The predicted molar refractivity (Wildman–Crippen MR) is 74.4 cm³/mol. The molecule has 2 amide bonds. The van der Waals surface area contributed by atoms with Gasteiger partial charge in [0.25, 0.3) is 5.91 Å². The van der Waals surface area contributed by atoms with Crippen LogP contribution in [0.3, 0.4) is 0 Å². The average molecular weight is 282 g/mol. The number of carbonyl (C=O) groups excluding carboxylic acids is 2. The SMILES string of the molecule is CNC(=O)c1ccc(NC(=O)C2CCNC2)cc1Cl. The van der Waals surface area contributed by atoms with Crippen LogP contribution in [0.25, 0.3) is 0 Å². The Bertz CT molecular complexity index is 499. The molecular weight excluding hydrogens is 266 g/mol. The highest BCUT2D eigenvalue weighted by atomic mass is 35.5. The zero-order valence-corrected chi connectivity index (χ0v) is 11.4. The lowest BCUT2D eigenvalue weighted by Crippen LogP contribution is -2.24. The standard InChI is InChI=1S/C13H16ClN3O2/c1-15-13(19)10-3-2-9(6-11(10)14)17-12(18)8-4-5-16-7-8/h2-3,6,8,16H,4-5,7H2,1H3,(H,15,19)(H,17,18). The van der Waals surface area contributed by atoms with E-state index in [4.69, 9.17) is 11.6 Å². The van der Waals surface area contributed by atoms with Gasteiger partial charge in [-0.15, -0.1) is 0 Å². The van der Waals surface area contributed by atoms with Gasteiger partial charge < -0.3 is 16.0 Å². The van der Waals surface area contributed by atoms with E-state index in [1.165, 1.54) is 0 Å². The second-order valence-corrected chi connectivity index (χ2v) is 4.86. The van der Waals surface area contributed by atoms with Crippen molar-refractivity contribution in [1.29, 1.82) is 0 Å². The fraction of sp³-hybridized carbons (Fsp3) is 0.385. The molecule has 1 aliphatic heterocycles. The highest BCUT2D eigenvalue weighted by Gasteiger charge is 2.22. The van der Waals surface area contributed by atoms with Gasteiger partial charge in [0.2, 0.25) is 5.91 Å². The van der Waals surface area contributed by atoms with Crippen LogP contribution in [0.2, 0.25) is 5.02 Å². The maximum atomic E-state index is 11.9. The molecule has 5 nitrogen and oxygen atoms in total. The van der Waals surface area contributed by atoms with E-state index in [1.807, 2.05) is 0 Å². The predicted octanol–water partition coefficient (Wildman–Crippen LogP) is 1.25. The molecule has 1 aromatic carbocycles. The minimum absolute atomic E-state index is 0.00241. The zero-order valence-electron chi connectivity index (χ0n) is 10.6. The maximum Gasteiger partial charge on any atom is 0.252 e. The number of benzene rings is 1. The summed E-state index contributed by atoms with van der Waals surface area (Å²) in [6, 6.07) is 4.87. The molecule has 1 unspecified atom stereocenters. The van der Waals surface area contributed by atoms with Crippen molar-refractivity contribution in [3.63, 3.8) is 0 Å². The lowest BCUT2D eigenvalue weighted by Gasteiger charge is -2.11. The first-order valence-electron chi connectivity index (χ1n) is 6.15. The van der Waals surface area contributed by atoms with Crippen molar-refractivity contribution >= 4 is 29.1 Å². The van der Waals surface area contributed by atoms with E-state index in [2.05, 4.69) is 16.0 Å². The molecule has 1 fully saturated rings. The fourth-order valence-corrected chi connectivity index (χ4v) is 2.30. The van der Waals surface area contributed by atoms with E-state index in [0.717, 1.165) is 13.0 Å². The van der Waals surface area contributed by atoms with Crippen LogP contribution in [0.5, 0.6) is 0 Å². The summed E-state index contributed by atoms with van der Waals surface area (Å²) < 4.78 is 0. The Balaban J connectivity index is 2.07. The van der Waals surface area contributed by atoms with Gasteiger partial charge in [0.05, 0.1) is 16.5 Å². The summed E-state index contributed by atoms with van der Waals surface area (Å²) in [5, 5.41) is 8.79. The van der Waals surface area contributed by atoms with Crippen LogP contribution in [0.15, 0.2) is 18.2 Å². The minimum Gasteiger partial charge on any atom is -0.355 e. The number of anilines is 1. The van der Waals surface area contributed by atoms with Gasteiger partial charge in [0.1, 0.15) is 0 Å². The third-order valence-electron chi connectivity index (χ3n) is 3.14. The highest BCUT2D eigenvalue weighted by molar-refractivity contribution is 6.34. The Kier molecular flexibility index (Phi) is 4.39. The number of hydrogen-bond acceptors (Lipinski definition) is 3. The van der Waals surface area contributed by atoms with E-state index in [1.54, 1.807) is 25.2 Å². The second-order valence-electron chi connectivity index (χ2n) is 4.45. The van der Waals surface area contributed by atoms with E-state index in [-0.39, 0.29) is 17.7 Å². The summed E-state index contributed by atoms with van der Waals surface area (Å²) in [4.78, 5) is 23.4. The molecule has 102 valence electrons. The molecule has 19 heavy (non-hydrogen) atoms. The Morgan fingerprint density at radius 2 is 2.21 bits per heavy atom. The number of halogens is 1. The first kappa shape index (κ1) is 13.8. The fourth-order valence-electron chi connectivity index (χ4n) is 2.03. The van der Waals surface area contributed by atoms with E-state index >= 15 is 0 Å². The monoisotopic (exact) mass is 281 g/mol. The van der Waals surface area contributed by atoms with Gasteiger partial charge in [-0.2, -0.15) is 0 Å². The number of nitrogens with one attached hydrogen (secondary N) is 3. The molecule has 0 radical (unpaired) electrons. The summed E-state index contributed by atoms with van der Waals surface area (Å²) >= 11 is 6.02. The first-order chi connectivity index (χ1) is 9.11. The number of hydrogen-bond donors (Lipinski definition) is 3. The van der Waals surface area contributed by atoms with Crippen molar-refractivity contribution in [2.45, 2.75) is 6.42 Å². The van der Waals surface area contributed by atoms with E-state index in [9.17, 15) is 9.59 Å². The van der Waals surface area contributed by atoms with Crippen molar-refractivity contribution in [3.05, 3.63) is 28.8 Å². The molecule has 1 atom stereocenters. The molecule has 6 heteroatoms.